The first kappa shape index (κ1) is 18.4. The number of amides is 1. The number of carbonyl (C=O) groups is 1. The van der Waals surface area contributed by atoms with E-state index in [1.165, 1.54) is 10.5 Å². The van der Waals surface area contributed by atoms with Crippen molar-refractivity contribution in [3.63, 3.8) is 0 Å². The van der Waals surface area contributed by atoms with Crippen LogP contribution in [0.3, 0.4) is 0 Å². The number of aromatic nitrogens is 1. The van der Waals surface area contributed by atoms with Crippen molar-refractivity contribution in [3.8, 4) is 0 Å². The van der Waals surface area contributed by atoms with E-state index in [2.05, 4.69) is 29.4 Å². The Balaban J connectivity index is 1.72. The van der Waals surface area contributed by atoms with Crippen molar-refractivity contribution in [1.82, 2.24) is 9.88 Å². The lowest BCUT2D eigenvalue weighted by Crippen LogP contribution is -2.38. The Bertz CT molecular complexity index is 895. The normalized spacial score (nSPS) is 18.5. The predicted octanol–water partition coefficient (Wildman–Crippen LogP) is 2.65. The summed E-state index contributed by atoms with van der Waals surface area (Å²) in [5.74, 6) is -0.105. The Labute approximate surface area is 154 Å². The Morgan fingerprint density at radius 3 is 2.58 bits per heavy atom. The zero-order valence-corrected chi connectivity index (χ0v) is 15.8. The van der Waals surface area contributed by atoms with Gasteiger partial charge in [0.1, 0.15) is 5.69 Å². The SMILES string of the molecule is CCc1ccc(Nc2ccnc(C(=O)N(C)C3CCS(=O)(=O)C3)c2)cc1. The van der Waals surface area contributed by atoms with E-state index in [1.807, 2.05) is 12.1 Å². The van der Waals surface area contributed by atoms with Gasteiger partial charge in [-0.25, -0.2) is 8.42 Å². The van der Waals surface area contributed by atoms with E-state index in [0.29, 0.717) is 12.1 Å². The second kappa shape index (κ2) is 7.45. The molecule has 2 aromatic rings. The fourth-order valence-corrected chi connectivity index (χ4v) is 4.82. The minimum absolute atomic E-state index is 0.0248. The maximum Gasteiger partial charge on any atom is 0.272 e. The van der Waals surface area contributed by atoms with Gasteiger partial charge < -0.3 is 10.2 Å². The molecule has 0 bridgehead atoms. The van der Waals surface area contributed by atoms with Gasteiger partial charge in [-0.15, -0.1) is 0 Å². The van der Waals surface area contributed by atoms with Gasteiger partial charge >= 0.3 is 0 Å². The van der Waals surface area contributed by atoms with E-state index in [-0.39, 0.29) is 23.5 Å². The number of anilines is 2. The van der Waals surface area contributed by atoms with Gasteiger partial charge in [0.15, 0.2) is 9.84 Å². The first-order chi connectivity index (χ1) is 12.4. The standard InChI is InChI=1S/C19H23N3O3S/c1-3-14-4-6-15(7-5-14)21-16-8-10-20-18(12-16)19(23)22(2)17-9-11-26(24,25)13-17/h4-8,10,12,17H,3,9,11,13H2,1-2H3,(H,20,21). The van der Waals surface area contributed by atoms with Crippen LogP contribution in [0.4, 0.5) is 11.4 Å². The Morgan fingerprint density at radius 1 is 1.23 bits per heavy atom. The number of nitrogens with one attached hydrogen (secondary N) is 1. The van der Waals surface area contributed by atoms with Gasteiger partial charge in [0.05, 0.1) is 11.5 Å². The van der Waals surface area contributed by atoms with Gasteiger partial charge in [0, 0.05) is 30.7 Å². The highest BCUT2D eigenvalue weighted by atomic mass is 32.2. The van der Waals surface area contributed by atoms with E-state index in [0.717, 1.165) is 17.8 Å². The number of pyridine rings is 1. The molecule has 1 aliphatic heterocycles. The van der Waals surface area contributed by atoms with Gasteiger partial charge in [0.25, 0.3) is 5.91 Å². The first-order valence-electron chi connectivity index (χ1n) is 8.67. The predicted molar refractivity (Wildman–Crippen MR) is 102 cm³/mol. The van der Waals surface area contributed by atoms with Crippen LogP contribution >= 0.6 is 0 Å². The molecule has 0 spiro atoms. The molecule has 1 aliphatic rings. The van der Waals surface area contributed by atoms with Gasteiger partial charge in [-0.1, -0.05) is 19.1 Å². The molecule has 1 N–H and O–H groups in total. The minimum Gasteiger partial charge on any atom is -0.355 e. The zero-order chi connectivity index (χ0) is 18.7. The number of rotatable bonds is 5. The third kappa shape index (κ3) is 4.22. The summed E-state index contributed by atoms with van der Waals surface area (Å²) in [5, 5.41) is 3.27. The lowest BCUT2D eigenvalue weighted by molar-refractivity contribution is 0.0742. The summed E-state index contributed by atoms with van der Waals surface area (Å²) in [6.45, 7) is 2.11. The van der Waals surface area contributed by atoms with Crippen molar-refractivity contribution in [2.45, 2.75) is 25.8 Å². The number of hydrogen-bond acceptors (Lipinski definition) is 5. The van der Waals surface area contributed by atoms with Crippen LogP contribution in [-0.2, 0) is 16.3 Å². The third-order valence-corrected chi connectivity index (χ3v) is 6.46. The lowest BCUT2D eigenvalue weighted by Gasteiger charge is -2.23. The molecule has 1 amide bonds. The molecule has 0 saturated carbocycles. The van der Waals surface area contributed by atoms with Gasteiger partial charge in [-0.05, 0) is 42.7 Å². The summed E-state index contributed by atoms with van der Waals surface area (Å²) in [4.78, 5) is 18.3. The Kier molecular flexibility index (Phi) is 5.27. The maximum atomic E-state index is 12.7. The number of carbonyl (C=O) groups excluding carboxylic acids is 1. The van der Waals surface area contributed by atoms with Crippen molar-refractivity contribution in [2.75, 3.05) is 23.9 Å². The van der Waals surface area contributed by atoms with Gasteiger partial charge in [-0.3, -0.25) is 9.78 Å². The highest BCUT2D eigenvalue weighted by Crippen LogP contribution is 2.21. The fourth-order valence-electron chi connectivity index (χ4n) is 3.04. The highest BCUT2D eigenvalue weighted by Gasteiger charge is 2.33. The van der Waals surface area contributed by atoms with Crippen LogP contribution in [0.25, 0.3) is 0 Å². The highest BCUT2D eigenvalue weighted by molar-refractivity contribution is 7.91. The van der Waals surface area contributed by atoms with Gasteiger partial charge in [0.2, 0.25) is 0 Å². The Hall–Kier alpha value is -2.41. The van der Waals surface area contributed by atoms with Crippen LogP contribution in [-0.4, -0.2) is 48.8 Å². The summed E-state index contributed by atoms with van der Waals surface area (Å²) >= 11 is 0. The molecule has 1 saturated heterocycles. The van der Waals surface area contributed by atoms with Crippen molar-refractivity contribution in [2.24, 2.45) is 0 Å². The molecule has 26 heavy (non-hydrogen) atoms. The van der Waals surface area contributed by atoms with E-state index < -0.39 is 9.84 Å². The minimum atomic E-state index is -3.04. The summed E-state index contributed by atoms with van der Waals surface area (Å²) < 4.78 is 23.3. The number of aryl methyl sites for hydroxylation is 1. The Morgan fingerprint density at radius 2 is 1.96 bits per heavy atom. The molecular formula is C19H23N3O3S. The molecule has 7 heteroatoms. The average molecular weight is 373 g/mol. The van der Waals surface area contributed by atoms with Gasteiger partial charge in [-0.2, -0.15) is 0 Å². The van der Waals surface area contributed by atoms with E-state index in [9.17, 15) is 13.2 Å². The maximum absolute atomic E-state index is 12.7. The molecule has 3 rings (SSSR count). The zero-order valence-electron chi connectivity index (χ0n) is 15.0. The van der Waals surface area contributed by atoms with Crippen LogP contribution in [0.2, 0.25) is 0 Å². The molecule has 1 atom stereocenters. The van der Waals surface area contributed by atoms with Crippen LogP contribution in [0, 0.1) is 0 Å². The van der Waals surface area contributed by atoms with E-state index in [4.69, 9.17) is 0 Å². The van der Waals surface area contributed by atoms with E-state index >= 15 is 0 Å². The average Bonchev–Trinajstić information content (AvgIpc) is 3.01. The van der Waals surface area contributed by atoms with E-state index in [1.54, 1.807) is 25.4 Å². The first-order valence-corrected chi connectivity index (χ1v) is 10.5. The molecule has 138 valence electrons. The van der Waals surface area contributed by atoms with Crippen molar-refractivity contribution >= 4 is 27.1 Å². The molecule has 1 fully saturated rings. The molecule has 1 aromatic heterocycles. The number of nitrogens with zero attached hydrogens (tertiary/aromatic N) is 2. The summed E-state index contributed by atoms with van der Waals surface area (Å²) in [6, 6.07) is 11.3. The van der Waals surface area contributed by atoms with Crippen molar-refractivity contribution < 1.29 is 13.2 Å². The third-order valence-electron chi connectivity index (χ3n) is 4.71. The second-order valence-corrected chi connectivity index (χ2v) is 8.81. The molecule has 0 radical (unpaired) electrons. The fraction of sp³-hybridized carbons (Fsp3) is 0.368. The summed E-state index contributed by atoms with van der Waals surface area (Å²) in [6.07, 6.45) is 3.04. The monoisotopic (exact) mass is 373 g/mol. The quantitative estimate of drug-likeness (QED) is 0.872. The van der Waals surface area contributed by atoms with Crippen LogP contribution in [0.5, 0.6) is 0 Å². The second-order valence-electron chi connectivity index (χ2n) is 6.58. The van der Waals surface area contributed by atoms with Crippen molar-refractivity contribution in [3.05, 3.63) is 53.9 Å². The molecule has 0 aliphatic carbocycles. The summed E-state index contributed by atoms with van der Waals surface area (Å²) in [7, 11) is -1.40. The van der Waals surface area contributed by atoms with Crippen LogP contribution < -0.4 is 5.32 Å². The number of benzene rings is 1. The lowest BCUT2D eigenvalue weighted by atomic mass is 10.1. The van der Waals surface area contributed by atoms with Crippen LogP contribution in [0.15, 0.2) is 42.6 Å². The number of sulfone groups is 1. The summed E-state index contributed by atoms with van der Waals surface area (Å²) in [5.41, 5.74) is 3.25. The smallest absolute Gasteiger partial charge is 0.272 e. The molecular weight excluding hydrogens is 350 g/mol. The van der Waals surface area contributed by atoms with Crippen molar-refractivity contribution in [1.29, 1.82) is 0 Å². The molecule has 1 unspecified atom stereocenters. The van der Waals surface area contributed by atoms with Crippen LogP contribution in [0.1, 0.15) is 29.4 Å². The number of hydrogen-bond donors (Lipinski definition) is 1. The largest absolute Gasteiger partial charge is 0.355 e. The molecule has 1 aromatic carbocycles. The molecule has 6 nitrogen and oxygen atoms in total. The topological polar surface area (TPSA) is 79.4 Å². The molecule has 2 heterocycles.